The third-order valence-corrected chi connectivity index (χ3v) is 5.29. The van der Waals surface area contributed by atoms with Gasteiger partial charge in [0.25, 0.3) is 0 Å². The van der Waals surface area contributed by atoms with Gasteiger partial charge in [-0.1, -0.05) is 19.9 Å². The molecule has 0 atom stereocenters. The van der Waals surface area contributed by atoms with E-state index in [-0.39, 0.29) is 28.9 Å². The summed E-state index contributed by atoms with van der Waals surface area (Å²) in [6.07, 6.45) is 0. The molecule has 0 aliphatic carbocycles. The molecule has 0 saturated heterocycles. The number of benzene rings is 1. The molecule has 0 radical (unpaired) electrons. The zero-order valence-electron chi connectivity index (χ0n) is 17.2. The van der Waals surface area contributed by atoms with Crippen LogP contribution in [0.25, 0.3) is 17.2 Å². The van der Waals surface area contributed by atoms with Crippen LogP contribution in [0.5, 0.6) is 11.5 Å². The SMILES string of the molecule is COCCN1Cc2ccc(-n3c(-c4nc(C(C)C)c(O)cc4O)n[nH]c3=O)cc2C1. The van der Waals surface area contributed by atoms with Gasteiger partial charge in [0.05, 0.1) is 18.0 Å². The maximum Gasteiger partial charge on any atom is 0.348 e. The predicted molar refractivity (Wildman–Crippen MR) is 111 cm³/mol. The largest absolute Gasteiger partial charge is 0.506 e. The number of nitrogens with one attached hydrogen (secondary N) is 1. The van der Waals surface area contributed by atoms with Gasteiger partial charge in [0.1, 0.15) is 11.5 Å². The Morgan fingerprint density at radius 3 is 2.67 bits per heavy atom. The van der Waals surface area contributed by atoms with Crippen LogP contribution in [0, 0.1) is 0 Å². The zero-order valence-corrected chi connectivity index (χ0v) is 17.2. The molecular weight excluding hydrogens is 386 g/mol. The van der Waals surface area contributed by atoms with Crippen molar-refractivity contribution < 1.29 is 14.9 Å². The first kappa shape index (κ1) is 20.1. The van der Waals surface area contributed by atoms with E-state index in [0.717, 1.165) is 25.2 Å². The highest BCUT2D eigenvalue weighted by Crippen LogP contribution is 2.34. The predicted octanol–water partition coefficient (Wildman–Crippen LogP) is 2.12. The molecule has 0 fully saturated rings. The summed E-state index contributed by atoms with van der Waals surface area (Å²) in [6, 6.07) is 7.06. The first-order chi connectivity index (χ1) is 14.4. The summed E-state index contributed by atoms with van der Waals surface area (Å²) in [5, 5.41) is 27.0. The van der Waals surface area contributed by atoms with Crippen LogP contribution in [0.3, 0.4) is 0 Å². The van der Waals surface area contributed by atoms with Crippen LogP contribution >= 0.6 is 0 Å². The Labute approximate surface area is 173 Å². The second-order valence-corrected chi connectivity index (χ2v) is 7.76. The fourth-order valence-corrected chi connectivity index (χ4v) is 3.76. The molecule has 0 amide bonds. The van der Waals surface area contributed by atoms with E-state index in [1.54, 1.807) is 7.11 Å². The number of pyridine rings is 1. The summed E-state index contributed by atoms with van der Waals surface area (Å²) in [4.78, 5) is 19.2. The molecule has 0 bridgehead atoms. The highest BCUT2D eigenvalue weighted by molar-refractivity contribution is 5.63. The summed E-state index contributed by atoms with van der Waals surface area (Å²) < 4.78 is 6.55. The van der Waals surface area contributed by atoms with Crippen molar-refractivity contribution in [3.05, 3.63) is 51.6 Å². The minimum atomic E-state index is -0.431. The molecule has 0 saturated carbocycles. The van der Waals surface area contributed by atoms with Gasteiger partial charge in [0, 0.05) is 32.8 Å². The van der Waals surface area contributed by atoms with Crippen molar-refractivity contribution in [2.75, 3.05) is 20.3 Å². The van der Waals surface area contributed by atoms with Gasteiger partial charge in [-0.15, -0.1) is 0 Å². The Bertz CT molecular complexity index is 1130. The Morgan fingerprint density at radius 2 is 1.93 bits per heavy atom. The number of H-pyrrole nitrogens is 1. The van der Waals surface area contributed by atoms with Crippen molar-refractivity contribution in [3.63, 3.8) is 0 Å². The Balaban J connectivity index is 1.76. The first-order valence-electron chi connectivity index (χ1n) is 9.83. The monoisotopic (exact) mass is 411 g/mol. The molecule has 3 N–H and O–H groups in total. The molecule has 3 heterocycles. The molecule has 158 valence electrons. The van der Waals surface area contributed by atoms with Gasteiger partial charge in [0.15, 0.2) is 11.5 Å². The summed E-state index contributed by atoms with van der Waals surface area (Å²) in [5.74, 6) is -0.219. The number of aromatic amines is 1. The molecule has 1 aromatic carbocycles. The fraction of sp³-hybridized carbons (Fsp3) is 0.381. The molecule has 1 aliphatic rings. The van der Waals surface area contributed by atoms with Gasteiger partial charge in [-0.3, -0.25) is 4.90 Å². The lowest BCUT2D eigenvalue weighted by atomic mass is 10.1. The number of ether oxygens (including phenoxy) is 1. The van der Waals surface area contributed by atoms with Gasteiger partial charge < -0.3 is 14.9 Å². The number of rotatable bonds is 6. The molecule has 0 unspecified atom stereocenters. The number of nitrogens with zero attached hydrogens (tertiary/aromatic N) is 4. The molecule has 1 aliphatic heterocycles. The molecule has 0 spiro atoms. The van der Waals surface area contributed by atoms with E-state index in [1.165, 1.54) is 16.2 Å². The molecule has 3 aromatic rings. The van der Waals surface area contributed by atoms with Gasteiger partial charge in [-0.25, -0.2) is 19.4 Å². The topological polar surface area (TPSA) is 116 Å². The van der Waals surface area contributed by atoms with E-state index in [2.05, 4.69) is 20.1 Å². The summed E-state index contributed by atoms with van der Waals surface area (Å²) in [5.41, 5.74) is 3.11. The highest BCUT2D eigenvalue weighted by atomic mass is 16.5. The second-order valence-electron chi connectivity index (χ2n) is 7.76. The van der Waals surface area contributed by atoms with Crippen LogP contribution in [0.4, 0.5) is 0 Å². The third-order valence-electron chi connectivity index (χ3n) is 5.29. The number of aromatic hydroxyl groups is 2. The molecule has 30 heavy (non-hydrogen) atoms. The Hall–Kier alpha value is -3.17. The van der Waals surface area contributed by atoms with Crippen molar-refractivity contribution in [2.45, 2.75) is 32.9 Å². The maximum atomic E-state index is 12.6. The average molecular weight is 411 g/mol. The van der Waals surface area contributed by atoms with E-state index >= 15 is 0 Å². The highest BCUT2D eigenvalue weighted by Gasteiger charge is 2.23. The third kappa shape index (κ3) is 3.57. The van der Waals surface area contributed by atoms with Crippen LogP contribution in [0.2, 0.25) is 0 Å². The molecular formula is C21H25N5O4. The maximum absolute atomic E-state index is 12.6. The molecule has 2 aromatic heterocycles. The lowest BCUT2D eigenvalue weighted by Gasteiger charge is -2.13. The van der Waals surface area contributed by atoms with Crippen molar-refractivity contribution in [2.24, 2.45) is 0 Å². The standard InChI is InChI=1S/C21H25N5O4/c1-12(2)18-16(27)9-17(28)19(22-18)20-23-24-21(29)26(20)15-5-4-13-10-25(6-7-30-3)11-14(13)8-15/h4-5,8-9,12,27-28H,6-7,10-11H2,1-3H3,(H,24,29). The first-order valence-corrected chi connectivity index (χ1v) is 9.83. The lowest BCUT2D eigenvalue weighted by Crippen LogP contribution is -2.21. The van der Waals surface area contributed by atoms with Crippen molar-refractivity contribution in [1.29, 1.82) is 0 Å². The number of fused-ring (bicyclic) bond motifs is 1. The van der Waals surface area contributed by atoms with Crippen LogP contribution in [-0.2, 0) is 17.8 Å². The Kier molecular flexibility index (Phi) is 5.31. The number of hydrogen-bond donors (Lipinski definition) is 3. The van der Waals surface area contributed by atoms with E-state index < -0.39 is 5.69 Å². The van der Waals surface area contributed by atoms with Crippen molar-refractivity contribution >= 4 is 0 Å². The van der Waals surface area contributed by atoms with Crippen LogP contribution in [-0.4, -0.2) is 55.1 Å². The average Bonchev–Trinajstić information content (AvgIpc) is 3.28. The van der Waals surface area contributed by atoms with Crippen LogP contribution in [0.1, 0.15) is 36.6 Å². The number of hydrogen-bond acceptors (Lipinski definition) is 7. The van der Waals surface area contributed by atoms with E-state index in [1.807, 2.05) is 32.0 Å². The van der Waals surface area contributed by atoms with E-state index in [9.17, 15) is 15.0 Å². The smallest absolute Gasteiger partial charge is 0.348 e. The molecule has 9 nitrogen and oxygen atoms in total. The van der Waals surface area contributed by atoms with E-state index in [4.69, 9.17) is 4.74 Å². The minimum absolute atomic E-state index is 0.0680. The number of aromatic nitrogens is 4. The second kappa shape index (κ2) is 7.92. The zero-order chi connectivity index (χ0) is 21.4. The van der Waals surface area contributed by atoms with Crippen molar-refractivity contribution in [3.8, 4) is 28.7 Å². The molecule has 9 heteroatoms. The number of methoxy groups -OCH3 is 1. The van der Waals surface area contributed by atoms with Gasteiger partial charge in [-0.2, -0.15) is 5.10 Å². The van der Waals surface area contributed by atoms with Gasteiger partial charge >= 0.3 is 5.69 Å². The normalized spacial score (nSPS) is 13.9. The van der Waals surface area contributed by atoms with Gasteiger partial charge in [-0.05, 0) is 29.2 Å². The summed E-state index contributed by atoms with van der Waals surface area (Å²) in [6.45, 7) is 6.88. The van der Waals surface area contributed by atoms with Crippen LogP contribution < -0.4 is 5.69 Å². The summed E-state index contributed by atoms with van der Waals surface area (Å²) >= 11 is 0. The van der Waals surface area contributed by atoms with Gasteiger partial charge in [0.2, 0.25) is 0 Å². The quantitative estimate of drug-likeness (QED) is 0.569. The molecule has 4 rings (SSSR count). The Morgan fingerprint density at radius 1 is 1.17 bits per heavy atom. The summed E-state index contributed by atoms with van der Waals surface area (Å²) in [7, 11) is 1.69. The van der Waals surface area contributed by atoms with Crippen molar-refractivity contribution in [1.82, 2.24) is 24.6 Å². The van der Waals surface area contributed by atoms with Crippen LogP contribution in [0.15, 0.2) is 29.1 Å². The lowest BCUT2D eigenvalue weighted by molar-refractivity contribution is 0.147. The fourth-order valence-electron chi connectivity index (χ4n) is 3.76. The minimum Gasteiger partial charge on any atom is -0.506 e. The van der Waals surface area contributed by atoms with E-state index in [0.29, 0.717) is 18.0 Å².